The SMILES string of the molecule is C[C@H](SCc1nc(N)nc(N)n1)c1ccccc1F. The number of halogens is 1. The smallest absolute Gasteiger partial charge is 0.225 e. The van der Waals surface area contributed by atoms with E-state index in [-0.39, 0.29) is 23.0 Å². The third-order valence-corrected chi connectivity index (χ3v) is 3.70. The second kappa shape index (κ2) is 5.83. The van der Waals surface area contributed by atoms with Crippen LogP contribution in [-0.4, -0.2) is 15.0 Å². The second-order valence-corrected chi connectivity index (χ2v) is 5.27. The first-order valence-electron chi connectivity index (χ1n) is 5.68. The van der Waals surface area contributed by atoms with Crippen molar-refractivity contribution in [3.8, 4) is 0 Å². The Morgan fingerprint density at radius 3 is 2.42 bits per heavy atom. The molecule has 0 bridgehead atoms. The van der Waals surface area contributed by atoms with E-state index in [2.05, 4.69) is 15.0 Å². The number of aromatic nitrogens is 3. The van der Waals surface area contributed by atoms with Crippen LogP contribution in [0, 0.1) is 5.82 Å². The van der Waals surface area contributed by atoms with Crippen molar-refractivity contribution in [1.82, 2.24) is 15.0 Å². The second-order valence-electron chi connectivity index (χ2n) is 3.94. The number of hydrogen-bond acceptors (Lipinski definition) is 6. The van der Waals surface area contributed by atoms with Gasteiger partial charge in [0, 0.05) is 10.8 Å². The monoisotopic (exact) mass is 279 g/mol. The number of rotatable bonds is 4. The van der Waals surface area contributed by atoms with Crippen molar-refractivity contribution in [2.75, 3.05) is 11.5 Å². The molecule has 4 N–H and O–H groups in total. The minimum Gasteiger partial charge on any atom is -0.368 e. The molecule has 0 fully saturated rings. The molecule has 0 aliphatic carbocycles. The lowest BCUT2D eigenvalue weighted by Gasteiger charge is -2.12. The number of nitrogens with two attached hydrogens (primary N) is 2. The predicted molar refractivity (Wildman–Crippen MR) is 74.8 cm³/mol. The Kier molecular flexibility index (Phi) is 4.16. The molecule has 7 heteroatoms. The van der Waals surface area contributed by atoms with E-state index >= 15 is 0 Å². The van der Waals surface area contributed by atoms with Crippen molar-refractivity contribution >= 4 is 23.7 Å². The Morgan fingerprint density at radius 1 is 1.16 bits per heavy atom. The van der Waals surface area contributed by atoms with Gasteiger partial charge in [-0.2, -0.15) is 15.0 Å². The summed E-state index contributed by atoms with van der Waals surface area (Å²) >= 11 is 1.51. The summed E-state index contributed by atoms with van der Waals surface area (Å²) in [5, 5.41) is -0.0135. The van der Waals surface area contributed by atoms with E-state index in [4.69, 9.17) is 11.5 Å². The molecule has 0 saturated heterocycles. The Labute approximate surface area is 114 Å². The number of anilines is 2. The highest BCUT2D eigenvalue weighted by molar-refractivity contribution is 7.98. The normalized spacial score (nSPS) is 12.3. The average molecular weight is 279 g/mol. The standard InChI is InChI=1S/C12H14FN5S/c1-7(8-4-2-3-5-9(8)13)19-6-10-16-11(14)18-12(15)17-10/h2-5,7H,6H2,1H3,(H4,14,15,16,17,18)/t7-/m0/s1. The highest BCUT2D eigenvalue weighted by atomic mass is 32.2. The van der Waals surface area contributed by atoms with E-state index < -0.39 is 0 Å². The Balaban J connectivity index is 2.04. The molecule has 0 aliphatic heterocycles. The van der Waals surface area contributed by atoms with Gasteiger partial charge in [-0.15, -0.1) is 11.8 Å². The Morgan fingerprint density at radius 2 is 1.79 bits per heavy atom. The molecule has 5 nitrogen and oxygen atoms in total. The molecular formula is C12H14FN5S. The molecule has 1 atom stereocenters. The van der Waals surface area contributed by atoms with Gasteiger partial charge < -0.3 is 11.5 Å². The van der Waals surface area contributed by atoms with Crippen molar-refractivity contribution in [2.45, 2.75) is 17.9 Å². The molecule has 100 valence electrons. The molecular weight excluding hydrogens is 265 g/mol. The number of thioether (sulfide) groups is 1. The van der Waals surface area contributed by atoms with Gasteiger partial charge in [-0.25, -0.2) is 4.39 Å². The number of nitrogens with zero attached hydrogens (tertiary/aromatic N) is 3. The summed E-state index contributed by atoms with van der Waals surface area (Å²) in [6.45, 7) is 1.93. The first kappa shape index (κ1) is 13.5. The van der Waals surface area contributed by atoms with E-state index in [0.29, 0.717) is 17.1 Å². The maximum atomic E-state index is 13.6. The fourth-order valence-corrected chi connectivity index (χ4v) is 2.51. The maximum Gasteiger partial charge on any atom is 0.225 e. The highest BCUT2D eigenvalue weighted by Gasteiger charge is 2.12. The first-order valence-corrected chi connectivity index (χ1v) is 6.73. The van der Waals surface area contributed by atoms with Crippen LogP contribution in [-0.2, 0) is 5.75 Å². The van der Waals surface area contributed by atoms with Gasteiger partial charge in [0.05, 0.1) is 5.75 Å². The Bertz CT molecular complexity index is 558. The van der Waals surface area contributed by atoms with E-state index in [1.807, 2.05) is 13.0 Å². The molecule has 1 aromatic heterocycles. The largest absolute Gasteiger partial charge is 0.368 e. The molecule has 0 saturated carbocycles. The van der Waals surface area contributed by atoms with Gasteiger partial charge in [0.1, 0.15) is 11.6 Å². The van der Waals surface area contributed by atoms with Crippen LogP contribution >= 0.6 is 11.8 Å². The molecule has 2 aromatic rings. The van der Waals surface area contributed by atoms with Gasteiger partial charge in [-0.1, -0.05) is 18.2 Å². The van der Waals surface area contributed by atoms with Crippen molar-refractivity contribution in [2.24, 2.45) is 0 Å². The summed E-state index contributed by atoms with van der Waals surface area (Å²) in [6.07, 6.45) is 0. The average Bonchev–Trinajstić information content (AvgIpc) is 2.35. The first-order chi connectivity index (χ1) is 9.06. The number of hydrogen-bond donors (Lipinski definition) is 2. The van der Waals surface area contributed by atoms with Crippen molar-refractivity contribution in [1.29, 1.82) is 0 Å². The lowest BCUT2D eigenvalue weighted by molar-refractivity contribution is 0.611. The van der Waals surface area contributed by atoms with Gasteiger partial charge in [0.25, 0.3) is 0 Å². The summed E-state index contributed by atoms with van der Waals surface area (Å²) in [5.74, 6) is 0.977. The van der Waals surface area contributed by atoms with Crippen LogP contribution < -0.4 is 11.5 Å². The summed E-state index contributed by atoms with van der Waals surface area (Å²) in [7, 11) is 0. The molecule has 0 radical (unpaired) electrons. The molecule has 1 aromatic carbocycles. The Hall–Kier alpha value is -1.89. The molecule has 19 heavy (non-hydrogen) atoms. The molecule has 0 unspecified atom stereocenters. The minimum atomic E-state index is -0.211. The van der Waals surface area contributed by atoms with Gasteiger partial charge in [-0.3, -0.25) is 0 Å². The minimum absolute atomic E-state index is 0.0135. The van der Waals surface area contributed by atoms with Crippen LogP contribution in [0.15, 0.2) is 24.3 Å². The number of benzene rings is 1. The zero-order valence-electron chi connectivity index (χ0n) is 10.4. The highest BCUT2D eigenvalue weighted by Crippen LogP contribution is 2.31. The van der Waals surface area contributed by atoms with Gasteiger partial charge in [0.15, 0.2) is 0 Å². The van der Waals surface area contributed by atoms with E-state index in [1.54, 1.807) is 12.1 Å². The van der Waals surface area contributed by atoms with Crippen LogP contribution in [0.2, 0.25) is 0 Å². The van der Waals surface area contributed by atoms with Crippen molar-refractivity contribution in [3.05, 3.63) is 41.5 Å². The fourth-order valence-electron chi connectivity index (χ4n) is 1.62. The van der Waals surface area contributed by atoms with E-state index in [9.17, 15) is 4.39 Å². The van der Waals surface area contributed by atoms with Crippen LogP contribution in [0.4, 0.5) is 16.3 Å². The lowest BCUT2D eigenvalue weighted by Crippen LogP contribution is -2.06. The van der Waals surface area contributed by atoms with Crippen LogP contribution in [0.25, 0.3) is 0 Å². The van der Waals surface area contributed by atoms with Gasteiger partial charge >= 0.3 is 0 Å². The molecule has 0 aliphatic rings. The third kappa shape index (κ3) is 3.54. The van der Waals surface area contributed by atoms with Gasteiger partial charge in [0.2, 0.25) is 11.9 Å². The third-order valence-electron chi connectivity index (χ3n) is 2.52. The molecule has 2 rings (SSSR count). The topological polar surface area (TPSA) is 90.7 Å². The fraction of sp³-hybridized carbons (Fsp3) is 0.250. The van der Waals surface area contributed by atoms with Crippen molar-refractivity contribution < 1.29 is 4.39 Å². The molecule has 0 amide bonds. The molecule has 1 heterocycles. The molecule has 0 spiro atoms. The predicted octanol–water partition coefficient (Wildman–Crippen LogP) is 2.17. The summed E-state index contributed by atoms with van der Waals surface area (Å²) in [6, 6.07) is 6.70. The summed E-state index contributed by atoms with van der Waals surface area (Å²) < 4.78 is 13.6. The lowest BCUT2D eigenvalue weighted by atomic mass is 10.1. The van der Waals surface area contributed by atoms with Crippen LogP contribution in [0.5, 0.6) is 0 Å². The van der Waals surface area contributed by atoms with E-state index in [1.165, 1.54) is 17.8 Å². The maximum absolute atomic E-state index is 13.6. The zero-order chi connectivity index (χ0) is 13.8. The van der Waals surface area contributed by atoms with Gasteiger partial charge in [-0.05, 0) is 13.0 Å². The summed E-state index contributed by atoms with van der Waals surface area (Å²) in [5.41, 5.74) is 11.6. The van der Waals surface area contributed by atoms with Crippen molar-refractivity contribution in [3.63, 3.8) is 0 Å². The zero-order valence-corrected chi connectivity index (χ0v) is 11.2. The quantitative estimate of drug-likeness (QED) is 0.891. The van der Waals surface area contributed by atoms with E-state index in [0.717, 1.165) is 0 Å². The van der Waals surface area contributed by atoms with Crippen LogP contribution in [0.3, 0.4) is 0 Å². The summed E-state index contributed by atoms with van der Waals surface area (Å²) in [4.78, 5) is 11.7. The van der Waals surface area contributed by atoms with Crippen LogP contribution in [0.1, 0.15) is 23.6 Å². The number of nitrogen functional groups attached to an aromatic ring is 2.